The SMILES string of the molecule is COc1ccc(C(=O)c2ccccc2-c2cc([N+](=O)[O-])ccc2Cl)cc1. The molecule has 0 amide bonds. The maximum absolute atomic E-state index is 13.0. The largest absolute Gasteiger partial charge is 0.497 e. The molecule has 0 aliphatic rings. The van der Waals surface area contributed by atoms with E-state index < -0.39 is 4.92 Å². The molecule has 0 bridgehead atoms. The topological polar surface area (TPSA) is 69.4 Å². The third-order valence-electron chi connectivity index (χ3n) is 3.97. The van der Waals surface area contributed by atoms with Crippen LogP contribution >= 0.6 is 11.6 Å². The van der Waals surface area contributed by atoms with E-state index in [2.05, 4.69) is 0 Å². The van der Waals surface area contributed by atoms with Gasteiger partial charge in [0.25, 0.3) is 5.69 Å². The number of benzene rings is 3. The van der Waals surface area contributed by atoms with Gasteiger partial charge in [-0.25, -0.2) is 0 Å². The summed E-state index contributed by atoms with van der Waals surface area (Å²) < 4.78 is 5.11. The Labute approximate surface area is 155 Å². The number of methoxy groups -OCH3 is 1. The maximum Gasteiger partial charge on any atom is 0.270 e. The normalized spacial score (nSPS) is 10.4. The zero-order valence-electron chi connectivity index (χ0n) is 13.8. The quantitative estimate of drug-likeness (QED) is 0.355. The van der Waals surface area contributed by atoms with Gasteiger partial charge in [0, 0.05) is 33.8 Å². The summed E-state index contributed by atoms with van der Waals surface area (Å²) >= 11 is 6.25. The highest BCUT2D eigenvalue weighted by Crippen LogP contribution is 2.34. The van der Waals surface area contributed by atoms with E-state index in [1.165, 1.54) is 18.2 Å². The molecule has 0 heterocycles. The van der Waals surface area contributed by atoms with Gasteiger partial charge in [0.05, 0.1) is 12.0 Å². The molecule has 26 heavy (non-hydrogen) atoms. The minimum Gasteiger partial charge on any atom is -0.497 e. The predicted molar refractivity (Wildman–Crippen MR) is 100.0 cm³/mol. The van der Waals surface area contributed by atoms with Gasteiger partial charge in [-0.05, 0) is 35.9 Å². The fourth-order valence-corrected chi connectivity index (χ4v) is 2.87. The van der Waals surface area contributed by atoms with Crippen molar-refractivity contribution in [2.75, 3.05) is 7.11 Å². The van der Waals surface area contributed by atoms with Gasteiger partial charge in [-0.3, -0.25) is 14.9 Å². The molecule has 3 aromatic carbocycles. The Bertz CT molecular complexity index is 983. The van der Waals surface area contributed by atoms with Crippen LogP contribution in [-0.4, -0.2) is 17.8 Å². The summed E-state index contributed by atoms with van der Waals surface area (Å²) in [5.74, 6) is 0.447. The Hall–Kier alpha value is -3.18. The lowest BCUT2D eigenvalue weighted by Gasteiger charge is -2.11. The van der Waals surface area contributed by atoms with Gasteiger partial charge in [-0.15, -0.1) is 0 Å². The standard InChI is InChI=1S/C20H14ClNO4/c1-26-15-9-6-13(7-10-15)20(23)17-5-3-2-4-16(17)18-12-14(22(24)25)8-11-19(18)21/h2-12H,1H3. The molecule has 0 atom stereocenters. The van der Waals surface area contributed by atoms with Gasteiger partial charge in [0.1, 0.15) is 5.75 Å². The summed E-state index contributed by atoms with van der Waals surface area (Å²) in [6.45, 7) is 0. The van der Waals surface area contributed by atoms with Crippen molar-refractivity contribution in [3.63, 3.8) is 0 Å². The van der Waals surface area contributed by atoms with Crippen molar-refractivity contribution in [1.82, 2.24) is 0 Å². The van der Waals surface area contributed by atoms with Gasteiger partial charge in [-0.1, -0.05) is 35.9 Å². The number of hydrogen-bond donors (Lipinski definition) is 0. The molecule has 3 rings (SSSR count). The van der Waals surface area contributed by atoms with Crippen molar-refractivity contribution < 1.29 is 14.5 Å². The van der Waals surface area contributed by atoms with E-state index in [0.29, 0.717) is 33.0 Å². The lowest BCUT2D eigenvalue weighted by molar-refractivity contribution is -0.384. The van der Waals surface area contributed by atoms with Crippen LogP contribution in [0.4, 0.5) is 5.69 Å². The van der Waals surface area contributed by atoms with Crippen LogP contribution in [0.5, 0.6) is 5.75 Å². The van der Waals surface area contributed by atoms with Crippen LogP contribution in [0.15, 0.2) is 66.7 Å². The lowest BCUT2D eigenvalue weighted by atomic mass is 9.93. The van der Waals surface area contributed by atoms with Crippen molar-refractivity contribution >= 4 is 23.1 Å². The molecule has 0 saturated carbocycles. The molecule has 0 N–H and O–H groups in total. The highest BCUT2D eigenvalue weighted by molar-refractivity contribution is 6.33. The van der Waals surface area contributed by atoms with Crippen LogP contribution in [0.25, 0.3) is 11.1 Å². The van der Waals surface area contributed by atoms with Crippen LogP contribution in [0.3, 0.4) is 0 Å². The van der Waals surface area contributed by atoms with Crippen molar-refractivity contribution in [2.45, 2.75) is 0 Å². The third kappa shape index (κ3) is 3.43. The smallest absolute Gasteiger partial charge is 0.270 e. The van der Waals surface area contributed by atoms with Gasteiger partial charge in [0.15, 0.2) is 5.78 Å². The number of carbonyl (C=O) groups is 1. The average Bonchev–Trinajstić information content (AvgIpc) is 2.67. The summed E-state index contributed by atoms with van der Waals surface area (Å²) in [4.78, 5) is 23.5. The molecule has 130 valence electrons. The number of non-ortho nitro benzene ring substituents is 1. The Kier molecular flexibility index (Phi) is 5.00. The fraction of sp³-hybridized carbons (Fsp3) is 0.0500. The highest BCUT2D eigenvalue weighted by atomic mass is 35.5. The van der Waals surface area contributed by atoms with Gasteiger partial charge < -0.3 is 4.74 Å². The molecule has 0 spiro atoms. The highest BCUT2D eigenvalue weighted by Gasteiger charge is 2.18. The Morgan fingerprint density at radius 2 is 1.69 bits per heavy atom. The van der Waals surface area contributed by atoms with Crippen molar-refractivity contribution in [3.05, 3.63) is 93.0 Å². The number of nitro groups is 1. The van der Waals surface area contributed by atoms with Gasteiger partial charge in [-0.2, -0.15) is 0 Å². The van der Waals surface area contributed by atoms with E-state index in [1.54, 1.807) is 55.6 Å². The molecular formula is C20H14ClNO4. The molecule has 3 aromatic rings. The first-order valence-corrected chi connectivity index (χ1v) is 8.11. The van der Waals surface area contributed by atoms with E-state index in [-0.39, 0.29) is 11.5 Å². The molecule has 0 unspecified atom stereocenters. The number of ether oxygens (including phenoxy) is 1. The molecule has 5 nitrogen and oxygen atoms in total. The van der Waals surface area contributed by atoms with Crippen molar-refractivity contribution in [2.24, 2.45) is 0 Å². The second-order valence-corrected chi connectivity index (χ2v) is 5.93. The van der Waals surface area contributed by atoms with E-state index in [9.17, 15) is 14.9 Å². The number of hydrogen-bond acceptors (Lipinski definition) is 4. The summed E-state index contributed by atoms with van der Waals surface area (Å²) in [5, 5.41) is 11.4. The number of halogens is 1. The first kappa shape index (κ1) is 17.6. The second-order valence-electron chi connectivity index (χ2n) is 5.52. The van der Waals surface area contributed by atoms with Crippen LogP contribution < -0.4 is 4.74 Å². The summed E-state index contributed by atoms with van der Waals surface area (Å²) in [6.07, 6.45) is 0. The van der Waals surface area contributed by atoms with E-state index >= 15 is 0 Å². The second kappa shape index (κ2) is 7.37. The molecule has 0 radical (unpaired) electrons. The Balaban J connectivity index is 2.10. The van der Waals surface area contributed by atoms with Crippen molar-refractivity contribution in [3.8, 4) is 16.9 Å². The minimum absolute atomic E-state index is 0.0869. The summed E-state index contributed by atoms with van der Waals surface area (Å²) in [6, 6.07) is 17.8. The maximum atomic E-state index is 13.0. The zero-order valence-corrected chi connectivity index (χ0v) is 14.6. The Morgan fingerprint density at radius 3 is 2.35 bits per heavy atom. The van der Waals surface area contributed by atoms with Gasteiger partial charge >= 0.3 is 0 Å². The summed E-state index contributed by atoms with van der Waals surface area (Å²) in [7, 11) is 1.55. The molecule has 0 saturated heterocycles. The molecule has 0 aliphatic heterocycles. The zero-order chi connectivity index (χ0) is 18.7. The van der Waals surface area contributed by atoms with Crippen LogP contribution in [-0.2, 0) is 0 Å². The first-order chi connectivity index (χ1) is 12.5. The molecule has 0 fully saturated rings. The Morgan fingerprint density at radius 1 is 1.00 bits per heavy atom. The molecule has 6 heteroatoms. The number of nitrogens with zero attached hydrogens (tertiary/aromatic N) is 1. The monoisotopic (exact) mass is 367 g/mol. The summed E-state index contributed by atoms with van der Waals surface area (Å²) in [5.41, 5.74) is 1.80. The van der Waals surface area contributed by atoms with Gasteiger partial charge in [0.2, 0.25) is 0 Å². The van der Waals surface area contributed by atoms with E-state index in [1.807, 2.05) is 0 Å². The number of rotatable bonds is 5. The lowest BCUT2D eigenvalue weighted by Crippen LogP contribution is -2.04. The number of nitro benzene ring substituents is 1. The van der Waals surface area contributed by atoms with E-state index in [0.717, 1.165) is 0 Å². The van der Waals surface area contributed by atoms with Crippen LogP contribution in [0.1, 0.15) is 15.9 Å². The molecule has 0 aliphatic carbocycles. The number of carbonyl (C=O) groups excluding carboxylic acids is 1. The number of ketones is 1. The van der Waals surface area contributed by atoms with Crippen LogP contribution in [0, 0.1) is 10.1 Å². The molecular weight excluding hydrogens is 354 g/mol. The van der Waals surface area contributed by atoms with Crippen molar-refractivity contribution in [1.29, 1.82) is 0 Å². The third-order valence-corrected chi connectivity index (χ3v) is 4.30. The van der Waals surface area contributed by atoms with E-state index in [4.69, 9.17) is 16.3 Å². The minimum atomic E-state index is -0.492. The average molecular weight is 368 g/mol. The van der Waals surface area contributed by atoms with Crippen LogP contribution in [0.2, 0.25) is 5.02 Å². The fourth-order valence-electron chi connectivity index (χ4n) is 2.65. The molecule has 0 aromatic heterocycles. The first-order valence-electron chi connectivity index (χ1n) is 7.73. The predicted octanol–water partition coefficient (Wildman–Crippen LogP) is 5.15.